The maximum absolute atomic E-state index is 13.5. The van der Waals surface area contributed by atoms with Crippen LogP contribution in [0.15, 0.2) is 0 Å². The molecule has 5 atom stereocenters. The van der Waals surface area contributed by atoms with Gasteiger partial charge in [-0.1, -0.05) is 12.8 Å². The molecule has 0 aromatic heterocycles. The highest BCUT2D eigenvalue weighted by atomic mass is 16.6. The number of carbonyl (C=O) groups is 4. The summed E-state index contributed by atoms with van der Waals surface area (Å²) in [5.41, 5.74) is -0.672. The van der Waals surface area contributed by atoms with Gasteiger partial charge in [-0.2, -0.15) is 0 Å². The number of methoxy groups -OCH3 is 1. The minimum Gasteiger partial charge on any atom is -0.467 e. The third-order valence-electron chi connectivity index (χ3n) is 6.76. The Bertz CT molecular complexity index is 734. The van der Waals surface area contributed by atoms with E-state index in [-0.39, 0.29) is 36.0 Å². The smallest absolute Gasteiger partial charge is 0.410 e. The van der Waals surface area contributed by atoms with E-state index in [2.05, 4.69) is 10.6 Å². The summed E-state index contributed by atoms with van der Waals surface area (Å²) in [5, 5.41) is 5.63. The van der Waals surface area contributed by atoms with Gasteiger partial charge in [-0.25, -0.2) is 9.59 Å². The second-order valence-electron chi connectivity index (χ2n) is 10.2. The van der Waals surface area contributed by atoms with Gasteiger partial charge in [0.15, 0.2) is 0 Å². The summed E-state index contributed by atoms with van der Waals surface area (Å²) in [5.74, 6) is -1.15. The van der Waals surface area contributed by atoms with Crippen molar-refractivity contribution < 1.29 is 28.7 Å². The van der Waals surface area contributed by atoms with Crippen molar-refractivity contribution in [3.8, 4) is 0 Å². The summed E-state index contributed by atoms with van der Waals surface area (Å²) < 4.78 is 10.5. The second-order valence-corrected chi connectivity index (χ2v) is 10.2. The fourth-order valence-corrected chi connectivity index (χ4v) is 5.28. The quantitative estimate of drug-likeness (QED) is 0.618. The van der Waals surface area contributed by atoms with E-state index in [4.69, 9.17) is 9.47 Å². The van der Waals surface area contributed by atoms with Crippen molar-refractivity contribution in [2.75, 3.05) is 20.2 Å². The van der Waals surface area contributed by atoms with Crippen molar-refractivity contribution in [3.63, 3.8) is 0 Å². The first-order valence-electron chi connectivity index (χ1n) is 11.8. The van der Waals surface area contributed by atoms with Crippen LogP contribution in [0.1, 0.15) is 65.7 Å². The Morgan fingerprint density at radius 3 is 2.53 bits per heavy atom. The van der Waals surface area contributed by atoms with Crippen LogP contribution in [0.4, 0.5) is 4.79 Å². The Hall–Kier alpha value is -2.32. The van der Waals surface area contributed by atoms with Crippen LogP contribution < -0.4 is 10.6 Å². The molecule has 2 heterocycles. The van der Waals surface area contributed by atoms with E-state index in [1.165, 1.54) is 12.0 Å². The lowest BCUT2D eigenvalue weighted by Crippen LogP contribution is -2.54. The average Bonchev–Trinajstić information content (AvgIpc) is 3.13. The standard InChI is InChI=1S/C23H37N3O6/c1-23(2,3)32-22(30)26-13-15-8-5-6-10-16(15)18(26)20(28)25-17(21(29)31-4)12-14-9-7-11-24-19(14)27/h14-18H,5-13H2,1-4H3,(H,24,27)(H,25,28)/t14-,15-,16-,17?,18-/m0/s1. The van der Waals surface area contributed by atoms with Crippen LogP contribution in [-0.4, -0.2) is 66.7 Å². The van der Waals surface area contributed by atoms with Crippen molar-refractivity contribution in [2.45, 2.75) is 83.4 Å². The zero-order valence-corrected chi connectivity index (χ0v) is 19.6. The molecule has 0 radical (unpaired) electrons. The molecule has 3 fully saturated rings. The first-order chi connectivity index (χ1) is 15.1. The molecule has 0 spiro atoms. The Labute approximate surface area is 189 Å². The lowest BCUT2D eigenvalue weighted by atomic mass is 9.78. The van der Waals surface area contributed by atoms with Gasteiger partial charge in [0.2, 0.25) is 11.8 Å². The Morgan fingerprint density at radius 1 is 1.16 bits per heavy atom. The lowest BCUT2D eigenvalue weighted by Gasteiger charge is -2.32. The number of hydrogen-bond donors (Lipinski definition) is 2. The monoisotopic (exact) mass is 451 g/mol. The van der Waals surface area contributed by atoms with Gasteiger partial charge in [-0.3, -0.25) is 14.5 Å². The number of piperidine rings is 1. The molecule has 9 nitrogen and oxygen atoms in total. The average molecular weight is 452 g/mol. The molecule has 1 aliphatic carbocycles. The van der Waals surface area contributed by atoms with Gasteiger partial charge in [0.1, 0.15) is 17.7 Å². The van der Waals surface area contributed by atoms with Gasteiger partial charge in [-0.15, -0.1) is 0 Å². The van der Waals surface area contributed by atoms with Crippen molar-refractivity contribution in [2.24, 2.45) is 17.8 Å². The Balaban J connectivity index is 1.77. The molecule has 2 saturated heterocycles. The fraction of sp³-hybridized carbons (Fsp3) is 0.826. The van der Waals surface area contributed by atoms with Crippen LogP contribution in [0.2, 0.25) is 0 Å². The number of hydrogen-bond acceptors (Lipinski definition) is 6. The summed E-state index contributed by atoms with van der Waals surface area (Å²) in [6.45, 7) is 6.50. The molecule has 9 heteroatoms. The van der Waals surface area contributed by atoms with Gasteiger partial charge in [0.05, 0.1) is 7.11 Å². The van der Waals surface area contributed by atoms with E-state index in [0.717, 1.165) is 32.1 Å². The topological polar surface area (TPSA) is 114 Å². The number of esters is 1. The fourth-order valence-electron chi connectivity index (χ4n) is 5.28. The number of ether oxygens (including phenoxy) is 2. The molecule has 3 amide bonds. The molecule has 2 N–H and O–H groups in total. The van der Waals surface area contributed by atoms with Crippen molar-refractivity contribution in [1.29, 1.82) is 0 Å². The number of nitrogens with zero attached hydrogens (tertiary/aromatic N) is 1. The maximum Gasteiger partial charge on any atom is 0.410 e. The molecule has 2 aliphatic heterocycles. The van der Waals surface area contributed by atoms with Crippen LogP contribution >= 0.6 is 0 Å². The highest BCUT2D eigenvalue weighted by molar-refractivity contribution is 5.91. The van der Waals surface area contributed by atoms with Gasteiger partial charge < -0.3 is 20.1 Å². The molecule has 1 unspecified atom stereocenters. The zero-order chi connectivity index (χ0) is 23.5. The zero-order valence-electron chi connectivity index (χ0n) is 19.6. The van der Waals surface area contributed by atoms with E-state index in [0.29, 0.717) is 19.5 Å². The number of nitrogens with one attached hydrogen (secondary N) is 2. The van der Waals surface area contributed by atoms with E-state index in [9.17, 15) is 19.2 Å². The molecule has 32 heavy (non-hydrogen) atoms. The Kier molecular flexibility index (Phi) is 7.67. The number of amides is 3. The van der Waals surface area contributed by atoms with Crippen molar-refractivity contribution in [3.05, 3.63) is 0 Å². The molecule has 3 rings (SSSR count). The van der Waals surface area contributed by atoms with Crippen molar-refractivity contribution >= 4 is 23.9 Å². The van der Waals surface area contributed by atoms with Gasteiger partial charge in [0.25, 0.3) is 0 Å². The van der Waals surface area contributed by atoms with Gasteiger partial charge >= 0.3 is 12.1 Å². The van der Waals surface area contributed by atoms with Crippen LogP contribution in [-0.2, 0) is 23.9 Å². The van der Waals surface area contributed by atoms with Crippen molar-refractivity contribution in [1.82, 2.24) is 15.5 Å². The second kappa shape index (κ2) is 10.1. The number of rotatable bonds is 5. The van der Waals surface area contributed by atoms with Gasteiger partial charge in [0, 0.05) is 19.0 Å². The summed E-state index contributed by atoms with van der Waals surface area (Å²) in [4.78, 5) is 52.6. The SMILES string of the molecule is COC(=O)C(C[C@@H]1CCCNC1=O)NC(=O)[C@@H]1[C@H]2CCCC[C@H]2CN1C(=O)OC(C)(C)C. The summed E-state index contributed by atoms with van der Waals surface area (Å²) >= 11 is 0. The van der Waals surface area contributed by atoms with Crippen LogP contribution in [0.5, 0.6) is 0 Å². The highest BCUT2D eigenvalue weighted by Crippen LogP contribution is 2.41. The summed E-state index contributed by atoms with van der Waals surface area (Å²) in [7, 11) is 1.27. The molecule has 180 valence electrons. The molecular formula is C23H37N3O6. The predicted molar refractivity (Wildman–Crippen MR) is 116 cm³/mol. The third-order valence-corrected chi connectivity index (χ3v) is 6.76. The van der Waals surface area contributed by atoms with E-state index >= 15 is 0 Å². The molecule has 0 bridgehead atoms. The van der Waals surface area contributed by atoms with E-state index < -0.39 is 29.7 Å². The highest BCUT2D eigenvalue weighted by Gasteiger charge is 2.50. The predicted octanol–water partition coefficient (Wildman–Crippen LogP) is 1.99. The van der Waals surface area contributed by atoms with Crippen LogP contribution in [0.3, 0.4) is 0 Å². The number of carbonyl (C=O) groups excluding carboxylic acids is 4. The van der Waals surface area contributed by atoms with E-state index in [1.807, 2.05) is 0 Å². The summed E-state index contributed by atoms with van der Waals surface area (Å²) in [6, 6.07) is -1.63. The van der Waals surface area contributed by atoms with E-state index in [1.54, 1.807) is 20.8 Å². The number of fused-ring (bicyclic) bond motifs is 1. The normalized spacial score (nSPS) is 28.9. The molecule has 0 aromatic carbocycles. The third kappa shape index (κ3) is 5.72. The summed E-state index contributed by atoms with van der Waals surface area (Å²) in [6.07, 6.45) is 5.08. The first-order valence-corrected chi connectivity index (χ1v) is 11.8. The lowest BCUT2D eigenvalue weighted by molar-refractivity contribution is -0.146. The first kappa shape index (κ1) is 24.3. The minimum absolute atomic E-state index is 0.0348. The molecule has 3 aliphatic rings. The van der Waals surface area contributed by atoms with Crippen LogP contribution in [0.25, 0.3) is 0 Å². The van der Waals surface area contributed by atoms with Crippen LogP contribution in [0, 0.1) is 17.8 Å². The van der Waals surface area contributed by atoms with Gasteiger partial charge in [-0.05, 0) is 64.7 Å². The minimum atomic E-state index is -0.940. The molecule has 1 saturated carbocycles. The molecule has 0 aromatic rings. The maximum atomic E-state index is 13.5. The number of likely N-dealkylation sites (tertiary alicyclic amines) is 1. The molecular weight excluding hydrogens is 414 g/mol. The largest absolute Gasteiger partial charge is 0.467 e. The Morgan fingerprint density at radius 2 is 1.88 bits per heavy atom.